The quantitative estimate of drug-likeness (QED) is 0.847. The molecule has 26 heavy (non-hydrogen) atoms. The van der Waals surface area contributed by atoms with Crippen molar-refractivity contribution in [2.75, 3.05) is 49.2 Å². The maximum Gasteiger partial charge on any atom is 0.234 e. The van der Waals surface area contributed by atoms with E-state index in [0.29, 0.717) is 5.75 Å². The number of amides is 1. The van der Waals surface area contributed by atoms with Crippen LogP contribution < -0.4 is 10.2 Å². The number of thioether (sulfide) groups is 1. The number of carbonyl (C=O) groups is 1. The minimum atomic E-state index is 0.0109. The van der Waals surface area contributed by atoms with Gasteiger partial charge in [0, 0.05) is 31.9 Å². The molecule has 3 rings (SSSR count). The molecule has 0 atom stereocenters. The van der Waals surface area contributed by atoms with Gasteiger partial charge in [0.1, 0.15) is 5.82 Å². The molecule has 2 aromatic rings. The van der Waals surface area contributed by atoms with Gasteiger partial charge in [-0.1, -0.05) is 29.8 Å². The van der Waals surface area contributed by atoms with E-state index in [9.17, 15) is 4.79 Å². The van der Waals surface area contributed by atoms with Gasteiger partial charge in [0.25, 0.3) is 0 Å². The van der Waals surface area contributed by atoms with E-state index >= 15 is 0 Å². The molecule has 1 aliphatic heterocycles. The Morgan fingerprint density at radius 2 is 2.00 bits per heavy atom. The summed E-state index contributed by atoms with van der Waals surface area (Å²) in [4.78, 5) is 21.2. The molecular formula is C20H26N4OS. The number of pyridine rings is 1. The first-order chi connectivity index (χ1) is 12.6. The van der Waals surface area contributed by atoms with Crippen LogP contribution >= 0.6 is 11.8 Å². The van der Waals surface area contributed by atoms with Gasteiger partial charge in [-0.25, -0.2) is 4.98 Å². The Bertz CT molecular complexity index is 727. The summed E-state index contributed by atoms with van der Waals surface area (Å²) in [6.07, 6.45) is 1.75. The summed E-state index contributed by atoms with van der Waals surface area (Å²) >= 11 is 1.62. The average Bonchev–Trinajstić information content (AvgIpc) is 2.63. The van der Waals surface area contributed by atoms with Crippen molar-refractivity contribution in [1.82, 2.24) is 9.88 Å². The van der Waals surface area contributed by atoms with E-state index in [-0.39, 0.29) is 5.91 Å². The van der Waals surface area contributed by atoms with Crippen LogP contribution in [0.1, 0.15) is 11.1 Å². The van der Waals surface area contributed by atoms with Crippen LogP contribution in [0, 0.1) is 6.92 Å². The van der Waals surface area contributed by atoms with Crippen LogP contribution in [0.25, 0.3) is 0 Å². The molecule has 1 fully saturated rings. The number of rotatable bonds is 6. The molecule has 1 aromatic carbocycles. The molecule has 0 unspecified atom stereocenters. The van der Waals surface area contributed by atoms with E-state index in [0.717, 1.165) is 43.4 Å². The molecule has 0 saturated carbocycles. The van der Waals surface area contributed by atoms with Crippen molar-refractivity contribution in [3.63, 3.8) is 0 Å². The van der Waals surface area contributed by atoms with E-state index in [1.54, 1.807) is 18.0 Å². The third kappa shape index (κ3) is 5.47. The second-order valence-corrected chi connectivity index (χ2v) is 7.71. The minimum Gasteiger partial charge on any atom is -0.354 e. The molecule has 0 spiro atoms. The molecule has 138 valence electrons. The third-order valence-electron chi connectivity index (χ3n) is 4.44. The molecule has 6 heteroatoms. The molecule has 1 aliphatic rings. The SMILES string of the molecule is Cc1cccc(CSCC(=O)Nc2ccc(N3CCN(C)CC3)nc2)c1. The first-order valence-corrected chi connectivity index (χ1v) is 10.1. The summed E-state index contributed by atoms with van der Waals surface area (Å²) in [5, 5.41) is 2.93. The fraction of sp³-hybridized carbons (Fsp3) is 0.400. The lowest BCUT2D eigenvalue weighted by Crippen LogP contribution is -2.44. The second kappa shape index (κ2) is 9.05. The molecule has 5 nitrogen and oxygen atoms in total. The van der Waals surface area contributed by atoms with Gasteiger partial charge in [0.15, 0.2) is 0 Å². The number of aromatic nitrogens is 1. The van der Waals surface area contributed by atoms with Crippen LogP contribution in [0.2, 0.25) is 0 Å². The van der Waals surface area contributed by atoms with Gasteiger partial charge >= 0.3 is 0 Å². The minimum absolute atomic E-state index is 0.0109. The number of hydrogen-bond acceptors (Lipinski definition) is 5. The molecular weight excluding hydrogens is 344 g/mol. The maximum atomic E-state index is 12.1. The van der Waals surface area contributed by atoms with E-state index in [2.05, 4.69) is 58.3 Å². The molecule has 2 heterocycles. The summed E-state index contributed by atoms with van der Waals surface area (Å²) in [7, 11) is 2.14. The molecule has 1 amide bonds. The number of aryl methyl sites for hydroxylation is 1. The Hall–Kier alpha value is -2.05. The van der Waals surface area contributed by atoms with Crippen molar-refractivity contribution in [2.24, 2.45) is 0 Å². The smallest absolute Gasteiger partial charge is 0.234 e. The van der Waals surface area contributed by atoms with Gasteiger partial charge < -0.3 is 15.1 Å². The number of likely N-dealkylation sites (N-methyl/N-ethyl adjacent to an activating group) is 1. The van der Waals surface area contributed by atoms with Crippen molar-refractivity contribution >= 4 is 29.2 Å². The highest BCUT2D eigenvalue weighted by atomic mass is 32.2. The van der Waals surface area contributed by atoms with E-state index in [1.165, 1.54) is 11.1 Å². The Kier molecular flexibility index (Phi) is 6.52. The molecule has 0 radical (unpaired) electrons. The van der Waals surface area contributed by atoms with Crippen molar-refractivity contribution in [3.8, 4) is 0 Å². The van der Waals surface area contributed by atoms with E-state index in [1.807, 2.05) is 12.1 Å². The summed E-state index contributed by atoms with van der Waals surface area (Å²) in [6, 6.07) is 12.3. The van der Waals surface area contributed by atoms with Crippen LogP contribution in [0.4, 0.5) is 11.5 Å². The fourth-order valence-corrected chi connectivity index (χ4v) is 3.72. The van der Waals surface area contributed by atoms with Crippen LogP contribution in [0.15, 0.2) is 42.6 Å². The van der Waals surface area contributed by atoms with Crippen molar-refractivity contribution in [2.45, 2.75) is 12.7 Å². The molecule has 1 N–H and O–H groups in total. The Balaban J connectivity index is 1.44. The van der Waals surface area contributed by atoms with Crippen molar-refractivity contribution in [1.29, 1.82) is 0 Å². The molecule has 0 bridgehead atoms. The van der Waals surface area contributed by atoms with Gasteiger partial charge in [0.2, 0.25) is 5.91 Å². The summed E-state index contributed by atoms with van der Waals surface area (Å²) in [5.74, 6) is 2.27. The zero-order valence-electron chi connectivity index (χ0n) is 15.4. The highest BCUT2D eigenvalue weighted by Gasteiger charge is 2.15. The Labute approximate surface area is 159 Å². The van der Waals surface area contributed by atoms with Crippen molar-refractivity contribution in [3.05, 3.63) is 53.7 Å². The van der Waals surface area contributed by atoms with Gasteiger partial charge in [-0.05, 0) is 31.7 Å². The van der Waals surface area contributed by atoms with Crippen LogP contribution in [-0.2, 0) is 10.5 Å². The summed E-state index contributed by atoms with van der Waals surface area (Å²) in [5.41, 5.74) is 3.25. The lowest BCUT2D eigenvalue weighted by Gasteiger charge is -2.33. The largest absolute Gasteiger partial charge is 0.354 e. The maximum absolute atomic E-state index is 12.1. The van der Waals surface area contributed by atoms with Gasteiger partial charge in [-0.15, -0.1) is 11.8 Å². The van der Waals surface area contributed by atoms with Gasteiger partial charge in [-0.2, -0.15) is 0 Å². The van der Waals surface area contributed by atoms with Crippen LogP contribution in [0.3, 0.4) is 0 Å². The Morgan fingerprint density at radius 1 is 1.19 bits per heavy atom. The standard InChI is InChI=1S/C20H26N4OS/c1-16-4-3-5-17(12-16)14-26-15-20(25)22-18-6-7-19(21-13-18)24-10-8-23(2)9-11-24/h3-7,12-13H,8-11,14-15H2,1-2H3,(H,22,25). The fourth-order valence-electron chi connectivity index (χ4n) is 2.94. The number of carbonyl (C=O) groups excluding carboxylic acids is 1. The number of nitrogens with zero attached hydrogens (tertiary/aromatic N) is 3. The lowest BCUT2D eigenvalue weighted by molar-refractivity contribution is -0.113. The first kappa shape index (κ1) is 18.7. The molecule has 1 saturated heterocycles. The number of piperazine rings is 1. The predicted octanol–water partition coefficient (Wildman–Crippen LogP) is 3.01. The normalized spacial score (nSPS) is 15.1. The predicted molar refractivity (Wildman–Crippen MR) is 110 cm³/mol. The van der Waals surface area contributed by atoms with Crippen molar-refractivity contribution < 1.29 is 4.79 Å². The number of hydrogen-bond donors (Lipinski definition) is 1. The number of nitrogens with one attached hydrogen (secondary N) is 1. The number of anilines is 2. The zero-order chi connectivity index (χ0) is 18.4. The number of benzene rings is 1. The van der Waals surface area contributed by atoms with E-state index in [4.69, 9.17) is 0 Å². The summed E-state index contributed by atoms with van der Waals surface area (Å²) in [6.45, 7) is 6.17. The third-order valence-corrected chi connectivity index (χ3v) is 5.45. The van der Waals surface area contributed by atoms with Gasteiger partial charge in [-0.3, -0.25) is 4.79 Å². The highest BCUT2D eigenvalue weighted by Crippen LogP contribution is 2.17. The lowest BCUT2D eigenvalue weighted by atomic mass is 10.2. The summed E-state index contributed by atoms with van der Waals surface area (Å²) < 4.78 is 0. The Morgan fingerprint density at radius 3 is 2.69 bits per heavy atom. The second-order valence-electron chi connectivity index (χ2n) is 6.73. The van der Waals surface area contributed by atoms with Gasteiger partial charge in [0.05, 0.1) is 17.6 Å². The highest BCUT2D eigenvalue weighted by molar-refractivity contribution is 7.99. The van der Waals surface area contributed by atoms with E-state index < -0.39 is 0 Å². The topological polar surface area (TPSA) is 48.5 Å². The van der Waals surface area contributed by atoms with Crippen LogP contribution in [-0.4, -0.2) is 54.8 Å². The molecule has 0 aliphatic carbocycles. The zero-order valence-corrected chi connectivity index (χ0v) is 16.3. The first-order valence-electron chi connectivity index (χ1n) is 8.93. The molecule has 1 aromatic heterocycles. The monoisotopic (exact) mass is 370 g/mol. The average molecular weight is 371 g/mol. The van der Waals surface area contributed by atoms with Crippen LogP contribution in [0.5, 0.6) is 0 Å².